The van der Waals surface area contributed by atoms with Crippen LogP contribution in [0.2, 0.25) is 0 Å². The van der Waals surface area contributed by atoms with E-state index in [9.17, 15) is 32.3 Å². The lowest BCUT2D eigenvalue weighted by Gasteiger charge is -2.18. The summed E-state index contributed by atoms with van der Waals surface area (Å²) in [6.45, 7) is -1.48. The van der Waals surface area contributed by atoms with Gasteiger partial charge in [-0.15, -0.1) is 0 Å². The number of ketones is 1. The van der Waals surface area contributed by atoms with Crippen molar-refractivity contribution in [3.63, 3.8) is 0 Å². The van der Waals surface area contributed by atoms with Crippen LogP contribution in [-0.4, -0.2) is 47.9 Å². The van der Waals surface area contributed by atoms with Crippen LogP contribution in [0.1, 0.15) is 60.7 Å². The van der Waals surface area contributed by atoms with Gasteiger partial charge in [0.2, 0.25) is 23.2 Å². The van der Waals surface area contributed by atoms with Gasteiger partial charge in [0.15, 0.2) is 23.1 Å². The fraction of sp³-hybridized carbons (Fsp3) is 0.435. The lowest BCUT2D eigenvalue weighted by Crippen LogP contribution is -2.48. The Balaban J connectivity index is 1.34. The highest BCUT2D eigenvalue weighted by Crippen LogP contribution is 2.36. The average Bonchev–Trinajstić information content (AvgIpc) is 3.37. The van der Waals surface area contributed by atoms with Crippen LogP contribution in [0.25, 0.3) is 0 Å². The van der Waals surface area contributed by atoms with Gasteiger partial charge in [0.1, 0.15) is 18.4 Å². The molecule has 2 aromatic rings. The molecule has 1 aromatic heterocycles. The fourth-order valence-corrected chi connectivity index (χ4v) is 4.06. The molecule has 0 saturated heterocycles. The molecule has 13 heteroatoms. The van der Waals surface area contributed by atoms with Crippen molar-refractivity contribution in [3.05, 3.63) is 41.0 Å². The van der Waals surface area contributed by atoms with Crippen LogP contribution >= 0.6 is 0 Å². The van der Waals surface area contributed by atoms with Gasteiger partial charge in [-0.05, 0) is 12.8 Å². The number of aromatic nitrogens is 1. The minimum Gasteiger partial charge on any atom is -0.479 e. The molecule has 1 saturated carbocycles. The topological polar surface area (TPSA) is 137 Å². The summed E-state index contributed by atoms with van der Waals surface area (Å²) in [5.74, 6) is -9.55. The van der Waals surface area contributed by atoms with Crippen molar-refractivity contribution in [2.24, 2.45) is 0 Å². The zero-order valence-electron chi connectivity index (χ0n) is 18.9. The van der Waals surface area contributed by atoms with Crippen molar-refractivity contribution in [1.82, 2.24) is 15.8 Å². The molecule has 36 heavy (non-hydrogen) atoms. The molecular formula is C23H22F3N3O7. The molecule has 2 aliphatic rings. The Bertz CT molecular complexity index is 1190. The Hall–Kier alpha value is -3.90. The quantitative estimate of drug-likeness (QED) is 0.356. The monoisotopic (exact) mass is 509 g/mol. The third-order valence-corrected chi connectivity index (χ3v) is 5.93. The first-order valence-corrected chi connectivity index (χ1v) is 11.3. The summed E-state index contributed by atoms with van der Waals surface area (Å²) in [7, 11) is 0. The number of carbonyl (C=O) groups excluding carboxylic acids is 4. The fourth-order valence-electron chi connectivity index (χ4n) is 4.06. The standard InChI is InChI=1S/C23H22F3N3O7/c24-12-6-13(25)21-22(20(12)26)34-10-16(30)14(8-19(32)35-21)28-18(31)9-27-23(33)15-7-17(36-29-15)11-4-2-1-3-5-11/h6-7,11,14H,1-5,8-10H2,(H,27,33)(H,28,31). The molecule has 1 fully saturated rings. The summed E-state index contributed by atoms with van der Waals surface area (Å²) in [5, 5.41) is 8.31. The molecule has 1 aliphatic carbocycles. The van der Waals surface area contributed by atoms with Crippen LogP contribution in [0.15, 0.2) is 16.7 Å². The Morgan fingerprint density at radius 1 is 1.03 bits per heavy atom. The highest BCUT2D eigenvalue weighted by molar-refractivity contribution is 5.97. The molecule has 1 atom stereocenters. The number of nitrogens with one attached hydrogen (secondary N) is 2. The van der Waals surface area contributed by atoms with Crippen LogP contribution in [0.5, 0.6) is 11.5 Å². The number of amides is 2. The molecule has 10 nitrogen and oxygen atoms in total. The first-order chi connectivity index (χ1) is 17.2. The molecule has 1 unspecified atom stereocenters. The summed E-state index contributed by atoms with van der Waals surface area (Å²) >= 11 is 0. The van der Waals surface area contributed by atoms with Crippen LogP contribution in [-0.2, 0) is 14.4 Å². The Morgan fingerprint density at radius 3 is 2.53 bits per heavy atom. The molecule has 2 amide bonds. The number of ether oxygens (including phenoxy) is 2. The van der Waals surface area contributed by atoms with Crippen molar-refractivity contribution in [1.29, 1.82) is 0 Å². The first kappa shape index (κ1) is 25.2. The van der Waals surface area contributed by atoms with Gasteiger partial charge in [0.05, 0.1) is 13.0 Å². The lowest BCUT2D eigenvalue weighted by atomic mass is 9.87. The number of hydrogen-bond donors (Lipinski definition) is 2. The van der Waals surface area contributed by atoms with Crippen molar-refractivity contribution in [2.45, 2.75) is 50.5 Å². The zero-order valence-corrected chi connectivity index (χ0v) is 18.9. The van der Waals surface area contributed by atoms with E-state index in [4.69, 9.17) is 14.0 Å². The molecule has 2 N–H and O–H groups in total. The van der Waals surface area contributed by atoms with Crippen LogP contribution < -0.4 is 20.1 Å². The summed E-state index contributed by atoms with van der Waals surface area (Å²) in [6, 6.07) is 0.202. The maximum absolute atomic E-state index is 14.0. The number of nitrogens with zero attached hydrogens (tertiary/aromatic N) is 1. The van der Waals surface area contributed by atoms with Crippen molar-refractivity contribution >= 4 is 23.6 Å². The predicted molar refractivity (Wildman–Crippen MR) is 114 cm³/mol. The van der Waals surface area contributed by atoms with Gasteiger partial charge in [0.25, 0.3) is 5.91 Å². The number of carbonyl (C=O) groups is 4. The van der Waals surface area contributed by atoms with E-state index in [1.807, 2.05) is 0 Å². The van der Waals surface area contributed by atoms with Gasteiger partial charge in [-0.1, -0.05) is 24.4 Å². The SMILES string of the molecule is O=C(CNC(=O)c1cc(C2CCCCC2)on1)NC1CC(=O)Oc2c(F)cc(F)c(F)c2OCC1=O. The third kappa shape index (κ3) is 5.66. The molecule has 1 aliphatic heterocycles. The number of benzene rings is 1. The minimum atomic E-state index is -1.64. The highest BCUT2D eigenvalue weighted by atomic mass is 19.2. The number of rotatable bonds is 5. The smallest absolute Gasteiger partial charge is 0.313 e. The number of Topliss-reactive ketones (excluding diaryl/α,β-unsaturated/α-hetero) is 1. The van der Waals surface area contributed by atoms with E-state index in [0.717, 1.165) is 32.1 Å². The molecule has 0 radical (unpaired) electrons. The maximum atomic E-state index is 14.0. The molecule has 192 valence electrons. The number of fused-ring (bicyclic) bond motifs is 1. The van der Waals surface area contributed by atoms with E-state index in [2.05, 4.69) is 15.8 Å². The average molecular weight is 509 g/mol. The summed E-state index contributed by atoms with van der Waals surface area (Å²) in [6.07, 6.45) is 4.43. The zero-order chi connectivity index (χ0) is 25.8. The van der Waals surface area contributed by atoms with Crippen molar-refractivity contribution in [2.75, 3.05) is 13.2 Å². The molecular weight excluding hydrogens is 487 g/mol. The highest BCUT2D eigenvalue weighted by Gasteiger charge is 2.32. The molecule has 0 bridgehead atoms. The van der Waals surface area contributed by atoms with Crippen molar-refractivity contribution < 1.29 is 46.3 Å². The van der Waals surface area contributed by atoms with E-state index >= 15 is 0 Å². The Labute approximate surface area is 202 Å². The van der Waals surface area contributed by atoms with E-state index in [1.54, 1.807) is 0 Å². The first-order valence-electron chi connectivity index (χ1n) is 11.3. The normalized spacial score (nSPS) is 18.7. The van der Waals surface area contributed by atoms with Crippen LogP contribution in [0.4, 0.5) is 13.2 Å². The lowest BCUT2D eigenvalue weighted by molar-refractivity contribution is -0.137. The van der Waals surface area contributed by atoms with E-state index < -0.39 is 78.1 Å². The second kappa shape index (κ2) is 10.8. The molecule has 4 rings (SSSR count). The number of esters is 1. The maximum Gasteiger partial charge on any atom is 0.313 e. The summed E-state index contributed by atoms with van der Waals surface area (Å²) in [5.41, 5.74) is -0.00656. The number of hydrogen-bond acceptors (Lipinski definition) is 8. The van der Waals surface area contributed by atoms with Crippen molar-refractivity contribution in [3.8, 4) is 11.5 Å². The van der Waals surface area contributed by atoms with Crippen LogP contribution in [0.3, 0.4) is 0 Å². The van der Waals surface area contributed by atoms with E-state index in [1.165, 1.54) is 6.07 Å². The van der Waals surface area contributed by atoms with Gasteiger partial charge >= 0.3 is 5.97 Å². The molecule has 2 heterocycles. The number of halogens is 3. The summed E-state index contributed by atoms with van der Waals surface area (Å²) < 4.78 is 56.3. The van der Waals surface area contributed by atoms with E-state index in [-0.39, 0.29) is 17.7 Å². The largest absolute Gasteiger partial charge is 0.479 e. The van der Waals surface area contributed by atoms with Crippen LogP contribution in [0, 0.1) is 17.5 Å². The predicted octanol–water partition coefficient (Wildman–Crippen LogP) is 2.31. The van der Waals surface area contributed by atoms with Gasteiger partial charge in [0, 0.05) is 18.1 Å². The van der Waals surface area contributed by atoms with E-state index in [0.29, 0.717) is 5.76 Å². The second-order valence-corrected chi connectivity index (χ2v) is 8.50. The molecule has 0 spiro atoms. The van der Waals surface area contributed by atoms with Gasteiger partial charge in [-0.2, -0.15) is 4.39 Å². The third-order valence-electron chi connectivity index (χ3n) is 5.93. The minimum absolute atomic E-state index is 0.00656. The molecule has 1 aromatic carbocycles. The summed E-state index contributed by atoms with van der Waals surface area (Å²) in [4.78, 5) is 49.3. The second-order valence-electron chi connectivity index (χ2n) is 8.50. The Kier molecular flexibility index (Phi) is 7.55. The van der Waals surface area contributed by atoms with Gasteiger partial charge in [-0.25, -0.2) is 8.78 Å². The van der Waals surface area contributed by atoms with Gasteiger partial charge in [-0.3, -0.25) is 19.2 Å². The Morgan fingerprint density at radius 2 is 1.78 bits per heavy atom. The van der Waals surface area contributed by atoms with Gasteiger partial charge < -0.3 is 24.6 Å².